The van der Waals surface area contributed by atoms with Crippen molar-refractivity contribution in [3.05, 3.63) is 41.0 Å². The molecule has 3 aromatic rings. The summed E-state index contributed by atoms with van der Waals surface area (Å²) in [5.41, 5.74) is 5.10. The van der Waals surface area contributed by atoms with Gasteiger partial charge in [-0.3, -0.25) is 10.3 Å². The number of amides is 1. The van der Waals surface area contributed by atoms with Gasteiger partial charge in [-0.15, -0.1) is 15.3 Å². The van der Waals surface area contributed by atoms with Crippen LogP contribution in [0.15, 0.2) is 18.6 Å². The smallest absolute Gasteiger partial charge is 0.412 e. The molecule has 9 heteroatoms. The summed E-state index contributed by atoms with van der Waals surface area (Å²) in [5, 5.41) is 15.6. The largest absolute Gasteiger partial charge is 0.444 e. The maximum absolute atomic E-state index is 12.1. The normalized spacial score (nSPS) is 14.0. The number of rotatable bonds is 2. The predicted molar refractivity (Wildman–Crippen MR) is 109 cm³/mol. The summed E-state index contributed by atoms with van der Waals surface area (Å²) in [6, 6.07) is 1.96. The second kappa shape index (κ2) is 6.98. The highest BCUT2D eigenvalue weighted by Crippen LogP contribution is 2.28. The number of pyridine rings is 1. The Morgan fingerprint density at radius 1 is 1.24 bits per heavy atom. The minimum absolute atomic E-state index is 0.488. The fourth-order valence-corrected chi connectivity index (χ4v) is 3.46. The van der Waals surface area contributed by atoms with Crippen LogP contribution in [0.5, 0.6) is 0 Å². The van der Waals surface area contributed by atoms with Gasteiger partial charge in [-0.1, -0.05) is 0 Å². The van der Waals surface area contributed by atoms with Crippen molar-refractivity contribution < 1.29 is 9.53 Å². The van der Waals surface area contributed by atoms with Gasteiger partial charge in [0.25, 0.3) is 0 Å². The lowest BCUT2D eigenvalue weighted by molar-refractivity contribution is 0.0636. The van der Waals surface area contributed by atoms with Crippen molar-refractivity contribution in [2.24, 2.45) is 0 Å². The van der Waals surface area contributed by atoms with Gasteiger partial charge < -0.3 is 9.64 Å². The van der Waals surface area contributed by atoms with Gasteiger partial charge in [0.2, 0.25) is 0 Å². The van der Waals surface area contributed by atoms with Crippen molar-refractivity contribution in [2.45, 2.75) is 53.2 Å². The number of anilines is 2. The topological polar surface area (TPSA) is 97.5 Å². The maximum Gasteiger partial charge on any atom is 0.412 e. The Hall–Kier alpha value is -3.23. The number of aromatic nitrogens is 5. The van der Waals surface area contributed by atoms with E-state index >= 15 is 0 Å². The molecule has 29 heavy (non-hydrogen) atoms. The molecule has 4 heterocycles. The third-order valence-electron chi connectivity index (χ3n) is 4.95. The van der Waals surface area contributed by atoms with Crippen LogP contribution < -0.4 is 10.2 Å². The molecule has 0 unspecified atom stereocenters. The summed E-state index contributed by atoms with van der Waals surface area (Å²) in [6.07, 6.45) is 3.61. The van der Waals surface area contributed by atoms with Gasteiger partial charge in [-0.25, -0.2) is 4.79 Å². The maximum atomic E-state index is 12.1. The second-order valence-electron chi connectivity index (χ2n) is 8.30. The van der Waals surface area contributed by atoms with Crippen LogP contribution in [-0.2, 0) is 17.7 Å². The summed E-state index contributed by atoms with van der Waals surface area (Å²) in [4.78, 5) is 18.8. The molecule has 0 aromatic carbocycles. The fraction of sp³-hybridized carbons (Fsp3) is 0.450. The summed E-state index contributed by atoms with van der Waals surface area (Å²) in [7, 11) is 0. The SMILES string of the molecule is Cc1c(N2CCc3ncc(NC(=O)OC(C)(C)C)cc3C2)nn2cnnc2c1C. The van der Waals surface area contributed by atoms with Gasteiger partial charge in [0.15, 0.2) is 11.5 Å². The molecule has 9 nitrogen and oxygen atoms in total. The number of hydrogen-bond acceptors (Lipinski definition) is 7. The van der Waals surface area contributed by atoms with Gasteiger partial charge in [-0.05, 0) is 46.2 Å². The lowest BCUT2D eigenvalue weighted by Gasteiger charge is -2.30. The Morgan fingerprint density at radius 3 is 2.79 bits per heavy atom. The molecule has 1 amide bonds. The molecule has 0 saturated carbocycles. The van der Waals surface area contributed by atoms with Crippen LogP contribution in [0.1, 0.15) is 43.2 Å². The Bertz CT molecular complexity index is 1080. The van der Waals surface area contributed by atoms with Crippen molar-refractivity contribution >= 4 is 23.2 Å². The highest BCUT2D eigenvalue weighted by molar-refractivity contribution is 5.84. The van der Waals surface area contributed by atoms with E-state index in [-0.39, 0.29) is 0 Å². The lowest BCUT2D eigenvalue weighted by atomic mass is 10.0. The molecular formula is C20H25N7O2. The van der Waals surface area contributed by atoms with Gasteiger partial charge in [0.1, 0.15) is 11.9 Å². The molecule has 0 bridgehead atoms. The molecule has 3 aromatic heterocycles. The lowest BCUT2D eigenvalue weighted by Crippen LogP contribution is -2.33. The van der Waals surface area contributed by atoms with Crippen LogP contribution >= 0.6 is 0 Å². The first-order valence-corrected chi connectivity index (χ1v) is 9.61. The van der Waals surface area contributed by atoms with Crippen molar-refractivity contribution in [3.63, 3.8) is 0 Å². The number of aryl methyl sites for hydroxylation is 1. The zero-order valence-electron chi connectivity index (χ0n) is 17.4. The minimum atomic E-state index is -0.551. The number of carbonyl (C=O) groups is 1. The molecule has 0 fully saturated rings. The van der Waals surface area contributed by atoms with E-state index in [1.807, 2.05) is 33.8 Å². The van der Waals surface area contributed by atoms with E-state index in [0.717, 1.165) is 46.8 Å². The minimum Gasteiger partial charge on any atom is -0.444 e. The number of ether oxygens (including phenoxy) is 1. The fourth-order valence-electron chi connectivity index (χ4n) is 3.46. The average Bonchev–Trinajstić information content (AvgIpc) is 3.11. The molecule has 0 atom stereocenters. The van der Waals surface area contributed by atoms with Crippen LogP contribution in [0.4, 0.5) is 16.3 Å². The zero-order valence-corrected chi connectivity index (χ0v) is 17.4. The Kier molecular flexibility index (Phi) is 4.60. The standard InChI is InChI=1S/C20H25N7O2/c1-12-13(2)18(25-27-11-22-24-17(12)27)26-7-6-16-14(10-26)8-15(9-21-16)23-19(28)29-20(3,4)5/h8-9,11H,6-7,10H2,1-5H3,(H,23,28). The number of nitrogens with one attached hydrogen (secondary N) is 1. The summed E-state index contributed by atoms with van der Waals surface area (Å²) >= 11 is 0. The number of nitrogens with zero attached hydrogens (tertiary/aromatic N) is 6. The van der Waals surface area contributed by atoms with Gasteiger partial charge in [0, 0.05) is 36.3 Å². The third-order valence-corrected chi connectivity index (χ3v) is 4.95. The summed E-state index contributed by atoms with van der Waals surface area (Å²) in [6.45, 7) is 11.1. The highest BCUT2D eigenvalue weighted by atomic mass is 16.6. The van der Waals surface area contributed by atoms with E-state index in [1.165, 1.54) is 0 Å². The molecule has 0 aliphatic carbocycles. The molecule has 152 valence electrons. The second-order valence-corrected chi connectivity index (χ2v) is 8.30. The Morgan fingerprint density at radius 2 is 2.03 bits per heavy atom. The summed E-state index contributed by atoms with van der Waals surface area (Å²) < 4.78 is 7.04. The monoisotopic (exact) mass is 395 g/mol. The Balaban J connectivity index is 1.58. The number of hydrogen-bond donors (Lipinski definition) is 1. The van der Waals surface area contributed by atoms with Gasteiger partial charge in [0.05, 0.1) is 11.9 Å². The van der Waals surface area contributed by atoms with E-state index in [1.54, 1.807) is 17.0 Å². The first-order valence-electron chi connectivity index (χ1n) is 9.61. The molecule has 1 aliphatic rings. The van der Waals surface area contributed by atoms with Crippen molar-refractivity contribution in [1.29, 1.82) is 0 Å². The van der Waals surface area contributed by atoms with Crippen molar-refractivity contribution in [2.75, 3.05) is 16.8 Å². The van der Waals surface area contributed by atoms with Crippen LogP contribution in [0, 0.1) is 13.8 Å². The van der Waals surface area contributed by atoms with Crippen molar-refractivity contribution in [1.82, 2.24) is 24.8 Å². The average molecular weight is 395 g/mol. The van der Waals surface area contributed by atoms with E-state index in [0.29, 0.717) is 12.2 Å². The quantitative estimate of drug-likeness (QED) is 0.712. The van der Waals surface area contributed by atoms with Crippen LogP contribution in [0.3, 0.4) is 0 Å². The first kappa shape index (κ1) is 19.1. The Labute approximate surface area is 169 Å². The molecular weight excluding hydrogens is 370 g/mol. The van der Waals surface area contributed by atoms with E-state index in [2.05, 4.69) is 32.3 Å². The molecule has 0 spiro atoms. The first-order chi connectivity index (χ1) is 13.7. The molecule has 1 N–H and O–H groups in total. The highest BCUT2D eigenvalue weighted by Gasteiger charge is 2.23. The number of fused-ring (bicyclic) bond motifs is 2. The van der Waals surface area contributed by atoms with Crippen LogP contribution in [0.2, 0.25) is 0 Å². The van der Waals surface area contributed by atoms with E-state index < -0.39 is 11.7 Å². The van der Waals surface area contributed by atoms with E-state index in [4.69, 9.17) is 9.84 Å². The third kappa shape index (κ3) is 3.85. The molecule has 4 rings (SSSR count). The van der Waals surface area contributed by atoms with Gasteiger partial charge in [-0.2, -0.15) is 4.52 Å². The van der Waals surface area contributed by atoms with Crippen LogP contribution in [-0.4, -0.2) is 43.0 Å². The summed E-state index contributed by atoms with van der Waals surface area (Å²) in [5.74, 6) is 0.908. The van der Waals surface area contributed by atoms with Crippen molar-refractivity contribution in [3.8, 4) is 0 Å². The van der Waals surface area contributed by atoms with Gasteiger partial charge >= 0.3 is 6.09 Å². The zero-order chi connectivity index (χ0) is 20.8. The molecule has 0 radical (unpaired) electrons. The van der Waals surface area contributed by atoms with Crippen LogP contribution in [0.25, 0.3) is 5.65 Å². The predicted octanol–water partition coefficient (Wildman–Crippen LogP) is 3.05. The molecule has 1 aliphatic heterocycles. The molecule has 0 saturated heterocycles. The van der Waals surface area contributed by atoms with E-state index in [9.17, 15) is 4.79 Å². The number of carbonyl (C=O) groups excluding carboxylic acids is 1.